The molecule has 0 saturated carbocycles. The maximum atomic E-state index is 12.9. The molecule has 2 fully saturated rings. The molecule has 1 N–H and O–H groups in total. The molecule has 2 atom stereocenters. The molecule has 2 aliphatic heterocycles. The van der Waals surface area contributed by atoms with Crippen LogP contribution in [-0.2, 0) is 4.79 Å². The van der Waals surface area contributed by atoms with Crippen molar-refractivity contribution in [3.05, 3.63) is 35.9 Å². The van der Waals surface area contributed by atoms with Crippen molar-refractivity contribution >= 4 is 5.91 Å². The number of rotatable bonds is 6. The van der Waals surface area contributed by atoms with E-state index in [9.17, 15) is 4.79 Å². The van der Waals surface area contributed by atoms with Crippen LogP contribution in [0.4, 0.5) is 0 Å². The summed E-state index contributed by atoms with van der Waals surface area (Å²) in [4.78, 5) is 15.1. The number of likely N-dealkylation sites (tertiary alicyclic amines) is 1. The van der Waals surface area contributed by atoms with Gasteiger partial charge in [-0.25, -0.2) is 0 Å². The molecule has 2 saturated heterocycles. The van der Waals surface area contributed by atoms with E-state index in [1.807, 2.05) is 0 Å². The van der Waals surface area contributed by atoms with E-state index in [1.165, 1.54) is 18.4 Å². The van der Waals surface area contributed by atoms with Crippen molar-refractivity contribution in [3.63, 3.8) is 0 Å². The summed E-state index contributed by atoms with van der Waals surface area (Å²) in [6.07, 6.45) is 7.71. The summed E-state index contributed by atoms with van der Waals surface area (Å²) in [7, 11) is 0. The summed E-state index contributed by atoms with van der Waals surface area (Å²) in [5.74, 6) is 1.62. The first kappa shape index (κ1) is 17.5. The van der Waals surface area contributed by atoms with E-state index in [2.05, 4.69) is 47.5 Å². The maximum Gasteiger partial charge on any atom is 0.222 e. The Morgan fingerprint density at radius 2 is 1.96 bits per heavy atom. The number of hydrogen-bond acceptors (Lipinski definition) is 2. The highest BCUT2D eigenvalue weighted by molar-refractivity contribution is 5.77. The minimum atomic E-state index is 0.394. The second kappa shape index (κ2) is 8.66. The molecule has 1 aromatic carbocycles. The van der Waals surface area contributed by atoms with Crippen LogP contribution in [0.2, 0.25) is 0 Å². The van der Waals surface area contributed by atoms with Crippen LogP contribution in [0.1, 0.15) is 63.4 Å². The van der Waals surface area contributed by atoms with Gasteiger partial charge in [-0.15, -0.1) is 0 Å². The number of nitrogens with one attached hydrogen (secondary N) is 1. The number of carbonyl (C=O) groups is 1. The van der Waals surface area contributed by atoms with E-state index in [1.54, 1.807) is 0 Å². The summed E-state index contributed by atoms with van der Waals surface area (Å²) in [6, 6.07) is 11.2. The van der Waals surface area contributed by atoms with Gasteiger partial charge in [0, 0.05) is 24.9 Å². The van der Waals surface area contributed by atoms with Crippen LogP contribution in [-0.4, -0.2) is 36.5 Å². The van der Waals surface area contributed by atoms with Gasteiger partial charge in [0.15, 0.2) is 0 Å². The second-order valence-electron chi connectivity index (χ2n) is 7.45. The summed E-state index contributed by atoms with van der Waals surface area (Å²) in [5, 5.41) is 3.41. The normalized spacial score (nSPS) is 23.4. The smallest absolute Gasteiger partial charge is 0.222 e. The molecule has 0 aliphatic carbocycles. The third kappa shape index (κ3) is 4.18. The van der Waals surface area contributed by atoms with Crippen LogP contribution in [0.25, 0.3) is 0 Å². The Morgan fingerprint density at radius 3 is 2.67 bits per heavy atom. The third-order valence-electron chi connectivity index (χ3n) is 5.98. The van der Waals surface area contributed by atoms with Crippen molar-refractivity contribution in [3.8, 4) is 0 Å². The molecule has 1 amide bonds. The van der Waals surface area contributed by atoms with Gasteiger partial charge in [-0.1, -0.05) is 37.3 Å². The maximum absolute atomic E-state index is 12.9. The molecule has 24 heavy (non-hydrogen) atoms. The predicted molar refractivity (Wildman–Crippen MR) is 99.0 cm³/mol. The first-order valence-electron chi connectivity index (χ1n) is 9.84. The molecule has 0 spiro atoms. The molecule has 3 nitrogen and oxygen atoms in total. The minimum absolute atomic E-state index is 0.394. The highest BCUT2D eigenvalue weighted by atomic mass is 16.2. The van der Waals surface area contributed by atoms with Gasteiger partial charge in [0.1, 0.15) is 0 Å². The van der Waals surface area contributed by atoms with Gasteiger partial charge in [0.05, 0.1) is 0 Å². The highest BCUT2D eigenvalue weighted by Gasteiger charge is 2.34. The summed E-state index contributed by atoms with van der Waals surface area (Å²) >= 11 is 0. The second-order valence-corrected chi connectivity index (χ2v) is 7.45. The number of piperidine rings is 1. The zero-order chi connectivity index (χ0) is 16.8. The number of carbonyl (C=O) groups excluding carboxylic acids is 1. The van der Waals surface area contributed by atoms with Gasteiger partial charge in [0.25, 0.3) is 0 Å². The molecule has 3 heteroatoms. The van der Waals surface area contributed by atoms with Gasteiger partial charge in [-0.2, -0.15) is 0 Å². The topological polar surface area (TPSA) is 32.3 Å². The number of hydrogen-bond donors (Lipinski definition) is 1. The quantitative estimate of drug-likeness (QED) is 0.857. The Bertz CT molecular complexity index is 510. The van der Waals surface area contributed by atoms with Crippen LogP contribution < -0.4 is 5.32 Å². The third-order valence-corrected chi connectivity index (χ3v) is 5.98. The molecule has 2 unspecified atom stereocenters. The Morgan fingerprint density at radius 1 is 1.21 bits per heavy atom. The highest BCUT2D eigenvalue weighted by Crippen LogP contribution is 2.34. The first-order valence-corrected chi connectivity index (χ1v) is 9.84. The van der Waals surface area contributed by atoms with E-state index < -0.39 is 0 Å². The van der Waals surface area contributed by atoms with E-state index in [0.29, 0.717) is 17.9 Å². The minimum Gasteiger partial charge on any atom is -0.339 e. The van der Waals surface area contributed by atoms with Crippen molar-refractivity contribution in [2.24, 2.45) is 5.92 Å². The zero-order valence-electron chi connectivity index (χ0n) is 15.0. The predicted octanol–water partition coefficient (Wildman–Crippen LogP) is 3.95. The van der Waals surface area contributed by atoms with Crippen LogP contribution in [0.5, 0.6) is 0 Å². The monoisotopic (exact) mass is 328 g/mol. The van der Waals surface area contributed by atoms with Gasteiger partial charge < -0.3 is 10.2 Å². The van der Waals surface area contributed by atoms with Crippen LogP contribution in [0.3, 0.4) is 0 Å². The van der Waals surface area contributed by atoms with Crippen molar-refractivity contribution in [2.75, 3.05) is 19.6 Å². The molecule has 132 valence electrons. The van der Waals surface area contributed by atoms with E-state index in [4.69, 9.17) is 0 Å². The van der Waals surface area contributed by atoms with Gasteiger partial charge >= 0.3 is 0 Å². The molecule has 0 aromatic heterocycles. The van der Waals surface area contributed by atoms with Crippen LogP contribution >= 0.6 is 0 Å². The van der Waals surface area contributed by atoms with Gasteiger partial charge in [-0.3, -0.25) is 4.79 Å². The number of amides is 1. The number of benzene rings is 1. The molecule has 1 aromatic rings. The average Bonchev–Trinajstić information content (AvgIpc) is 3.12. The lowest BCUT2D eigenvalue weighted by Crippen LogP contribution is -2.39. The Kier molecular flexibility index (Phi) is 6.30. The zero-order valence-corrected chi connectivity index (χ0v) is 15.0. The molecule has 0 radical (unpaired) electrons. The summed E-state index contributed by atoms with van der Waals surface area (Å²) in [5.41, 5.74) is 1.39. The van der Waals surface area contributed by atoms with Crippen molar-refractivity contribution < 1.29 is 4.79 Å². The first-order chi connectivity index (χ1) is 11.8. The lowest BCUT2D eigenvalue weighted by molar-refractivity contribution is -0.132. The average molecular weight is 329 g/mol. The van der Waals surface area contributed by atoms with E-state index >= 15 is 0 Å². The van der Waals surface area contributed by atoms with Crippen molar-refractivity contribution in [1.82, 2.24) is 10.2 Å². The SMILES string of the molecule is CCC(c1ccccc1)C1CCCN1C(=O)CCC1CCNCC1. The Labute approximate surface area is 146 Å². The summed E-state index contributed by atoms with van der Waals surface area (Å²) < 4.78 is 0. The fourth-order valence-electron chi connectivity index (χ4n) is 4.59. The fraction of sp³-hybridized carbons (Fsp3) is 0.667. The molecule has 3 rings (SSSR count). The molecule has 2 aliphatic rings. The lowest BCUT2D eigenvalue weighted by atomic mass is 9.87. The molecular weight excluding hydrogens is 296 g/mol. The Hall–Kier alpha value is -1.35. The lowest BCUT2D eigenvalue weighted by Gasteiger charge is -2.32. The van der Waals surface area contributed by atoms with Crippen molar-refractivity contribution in [2.45, 2.75) is 63.8 Å². The fourth-order valence-corrected chi connectivity index (χ4v) is 4.59. The van der Waals surface area contributed by atoms with Gasteiger partial charge in [-0.05, 0) is 63.1 Å². The Balaban J connectivity index is 1.60. The van der Waals surface area contributed by atoms with Crippen LogP contribution in [0.15, 0.2) is 30.3 Å². The van der Waals surface area contributed by atoms with E-state index in [-0.39, 0.29) is 0 Å². The summed E-state index contributed by atoms with van der Waals surface area (Å²) in [6.45, 7) is 5.46. The molecule has 2 heterocycles. The van der Waals surface area contributed by atoms with E-state index in [0.717, 1.165) is 57.7 Å². The standard InChI is InChI=1S/C21H32N2O/c1-2-19(18-7-4-3-5-8-18)20-9-6-16-23(20)21(24)11-10-17-12-14-22-15-13-17/h3-5,7-8,17,19-20,22H,2,6,9-16H2,1H3. The molecule has 0 bridgehead atoms. The van der Waals surface area contributed by atoms with Gasteiger partial charge in [0.2, 0.25) is 5.91 Å². The largest absolute Gasteiger partial charge is 0.339 e. The van der Waals surface area contributed by atoms with Crippen molar-refractivity contribution in [1.29, 1.82) is 0 Å². The number of nitrogens with zero attached hydrogens (tertiary/aromatic N) is 1. The van der Waals surface area contributed by atoms with Crippen LogP contribution in [0, 0.1) is 5.92 Å². The molecular formula is C21H32N2O.